The fraction of sp³-hybridized carbons (Fsp3) is 0.250. The number of rotatable bonds is 9. The normalized spacial score (nSPS) is 11.0. The Morgan fingerprint density at radius 3 is 2.73 bits per heavy atom. The Labute approximate surface area is 195 Å². The lowest BCUT2D eigenvalue weighted by Crippen LogP contribution is -2.29. The topological polar surface area (TPSA) is 91.0 Å². The molecule has 1 amide bonds. The van der Waals surface area contributed by atoms with Gasteiger partial charge in [-0.1, -0.05) is 35.9 Å². The first-order valence-corrected chi connectivity index (χ1v) is 11.0. The Hall–Kier alpha value is -3.65. The van der Waals surface area contributed by atoms with Crippen molar-refractivity contribution in [2.24, 2.45) is 0 Å². The third-order valence-corrected chi connectivity index (χ3v) is 5.34. The van der Waals surface area contributed by atoms with Crippen molar-refractivity contribution in [2.45, 2.75) is 26.4 Å². The number of ether oxygens (including phenoxy) is 1. The molecule has 170 valence electrons. The number of carbonyl (C=O) groups is 1. The smallest absolute Gasteiger partial charge is 0.264 e. The van der Waals surface area contributed by atoms with Crippen molar-refractivity contribution in [3.05, 3.63) is 87.6 Å². The average Bonchev–Trinajstić information content (AvgIpc) is 3.21. The second-order valence-corrected chi connectivity index (χ2v) is 7.95. The van der Waals surface area contributed by atoms with Crippen LogP contribution in [0, 0.1) is 0 Å². The average molecular weight is 466 g/mol. The van der Waals surface area contributed by atoms with E-state index in [4.69, 9.17) is 16.3 Å². The first kappa shape index (κ1) is 22.5. The largest absolute Gasteiger partial charge is 0.494 e. The summed E-state index contributed by atoms with van der Waals surface area (Å²) in [4.78, 5) is 29.5. The highest BCUT2D eigenvalue weighted by Crippen LogP contribution is 2.13. The van der Waals surface area contributed by atoms with Crippen molar-refractivity contribution in [2.75, 3.05) is 13.2 Å². The summed E-state index contributed by atoms with van der Waals surface area (Å²) < 4.78 is 8.56. The molecule has 9 heteroatoms. The van der Waals surface area contributed by atoms with Crippen molar-refractivity contribution in [1.82, 2.24) is 24.6 Å². The van der Waals surface area contributed by atoms with E-state index in [2.05, 4.69) is 15.4 Å². The molecule has 2 aromatic carbocycles. The van der Waals surface area contributed by atoms with Crippen LogP contribution < -0.4 is 15.6 Å². The van der Waals surface area contributed by atoms with Gasteiger partial charge in [-0.25, -0.2) is 9.67 Å². The molecule has 0 spiro atoms. The molecule has 2 aromatic heterocycles. The van der Waals surface area contributed by atoms with Crippen LogP contribution in [-0.4, -0.2) is 38.4 Å². The molecule has 4 aromatic rings. The molecule has 2 heterocycles. The maximum absolute atomic E-state index is 12.8. The molecule has 0 aliphatic heterocycles. The highest BCUT2D eigenvalue weighted by atomic mass is 35.5. The second kappa shape index (κ2) is 10.3. The molecule has 0 unspecified atom stereocenters. The van der Waals surface area contributed by atoms with Gasteiger partial charge in [-0.3, -0.25) is 14.2 Å². The number of aromatic nitrogens is 4. The van der Waals surface area contributed by atoms with Crippen molar-refractivity contribution in [3.8, 4) is 5.75 Å². The lowest BCUT2D eigenvalue weighted by Gasteiger charge is -2.08. The minimum absolute atomic E-state index is 0.0903. The number of benzene rings is 2. The SMILES string of the molecule is CCOc1ccc(CC(=O)NCCn2ncc3c(=O)n(Cc4cccc(Cl)c4)cnc32)cc1. The monoisotopic (exact) mass is 465 g/mol. The minimum Gasteiger partial charge on any atom is -0.494 e. The highest BCUT2D eigenvalue weighted by molar-refractivity contribution is 6.30. The van der Waals surface area contributed by atoms with Crippen LogP contribution in [0.5, 0.6) is 5.75 Å². The molecule has 0 atom stereocenters. The van der Waals surface area contributed by atoms with Gasteiger partial charge >= 0.3 is 0 Å². The molecule has 0 aliphatic rings. The standard InChI is InChI=1S/C24H24ClN5O3/c1-2-33-20-8-6-17(7-9-20)13-22(31)26-10-11-30-23-21(14-28-30)24(32)29(16-27-23)15-18-4-3-5-19(25)12-18/h3-9,12,14,16H,2,10-11,13,15H2,1H3,(H,26,31). The Kier molecular flexibility index (Phi) is 7.04. The number of amides is 1. The van der Waals surface area contributed by atoms with Crippen molar-refractivity contribution >= 4 is 28.5 Å². The van der Waals surface area contributed by atoms with Crippen molar-refractivity contribution < 1.29 is 9.53 Å². The number of hydrogen-bond acceptors (Lipinski definition) is 5. The van der Waals surface area contributed by atoms with Gasteiger partial charge in [0.25, 0.3) is 5.56 Å². The fourth-order valence-corrected chi connectivity index (χ4v) is 3.74. The fourth-order valence-electron chi connectivity index (χ4n) is 3.53. The van der Waals surface area contributed by atoms with Crippen molar-refractivity contribution in [1.29, 1.82) is 0 Å². The van der Waals surface area contributed by atoms with E-state index in [9.17, 15) is 9.59 Å². The summed E-state index contributed by atoms with van der Waals surface area (Å²) in [5, 5.41) is 8.21. The first-order chi connectivity index (χ1) is 16.0. The summed E-state index contributed by atoms with van der Waals surface area (Å²) in [5.41, 5.74) is 2.13. The van der Waals surface area contributed by atoms with E-state index in [0.717, 1.165) is 16.9 Å². The molecule has 1 N–H and O–H groups in total. The zero-order valence-corrected chi connectivity index (χ0v) is 19.0. The Balaban J connectivity index is 1.35. The van der Waals surface area contributed by atoms with Crippen LogP contribution >= 0.6 is 11.6 Å². The lowest BCUT2D eigenvalue weighted by molar-refractivity contribution is -0.120. The van der Waals surface area contributed by atoms with E-state index in [1.807, 2.05) is 49.4 Å². The molecule has 8 nitrogen and oxygen atoms in total. The second-order valence-electron chi connectivity index (χ2n) is 7.52. The summed E-state index contributed by atoms with van der Waals surface area (Å²) >= 11 is 6.03. The van der Waals surface area contributed by atoms with Gasteiger partial charge in [-0.15, -0.1) is 0 Å². The molecule has 33 heavy (non-hydrogen) atoms. The van der Waals surface area contributed by atoms with Gasteiger partial charge in [-0.05, 0) is 42.3 Å². The number of nitrogens with one attached hydrogen (secondary N) is 1. The summed E-state index contributed by atoms with van der Waals surface area (Å²) in [6.45, 7) is 3.68. The summed E-state index contributed by atoms with van der Waals surface area (Å²) in [6, 6.07) is 14.8. The third-order valence-electron chi connectivity index (χ3n) is 5.11. The summed E-state index contributed by atoms with van der Waals surface area (Å²) in [6.07, 6.45) is 3.30. The number of hydrogen-bond donors (Lipinski definition) is 1. The van der Waals surface area contributed by atoms with Gasteiger partial charge in [0.15, 0.2) is 5.65 Å². The van der Waals surface area contributed by atoms with Crippen LogP contribution in [0.3, 0.4) is 0 Å². The van der Waals surface area contributed by atoms with Gasteiger partial charge in [0.05, 0.1) is 32.3 Å². The highest BCUT2D eigenvalue weighted by Gasteiger charge is 2.11. The number of nitrogens with zero attached hydrogens (tertiary/aromatic N) is 4. The molecular weight excluding hydrogens is 442 g/mol. The molecule has 0 fully saturated rings. The maximum Gasteiger partial charge on any atom is 0.264 e. The third kappa shape index (κ3) is 5.59. The molecule has 0 bridgehead atoms. The van der Waals surface area contributed by atoms with E-state index in [-0.39, 0.29) is 17.9 Å². The first-order valence-electron chi connectivity index (χ1n) is 10.7. The Bertz CT molecular complexity index is 1310. The van der Waals surface area contributed by atoms with Crippen LogP contribution in [0.2, 0.25) is 5.02 Å². The molecular formula is C24H24ClN5O3. The van der Waals surface area contributed by atoms with E-state index >= 15 is 0 Å². The number of halogens is 1. The number of carbonyl (C=O) groups excluding carboxylic acids is 1. The van der Waals surface area contributed by atoms with Gasteiger partial charge in [0.1, 0.15) is 17.5 Å². The minimum atomic E-state index is -0.175. The quantitative estimate of drug-likeness (QED) is 0.410. The molecule has 4 rings (SSSR count). The lowest BCUT2D eigenvalue weighted by atomic mass is 10.1. The maximum atomic E-state index is 12.8. The van der Waals surface area contributed by atoms with Gasteiger partial charge in [0.2, 0.25) is 5.91 Å². The van der Waals surface area contributed by atoms with E-state index in [1.54, 1.807) is 10.7 Å². The van der Waals surface area contributed by atoms with E-state index in [0.29, 0.717) is 42.3 Å². The van der Waals surface area contributed by atoms with Crippen molar-refractivity contribution in [3.63, 3.8) is 0 Å². The van der Waals surface area contributed by atoms with Crippen LogP contribution in [0.15, 0.2) is 65.8 Å². The van der Waals surface area contributed by atoms with Gasteiger partial charge in [-0.2, -0.15) is 5.10 Å². The van der Waals surface area contributed by atoms with Crippen LogP contribution in [0.25, 0.3) is 11.0 Å². The predicted octanol–water partition coefficient (Wildman–Crippen LogP) is 3.05. The van der Waals surface area contributed by atoms with Gasteiger partial charge in [0, 0.05) is 11.6 Å². The summed E-state index contributed by atoms with van der Waals surface area (Å²) in [5.74, 6) is 0.693. The zero-order valence-electron chi connectivity index (χ0n) is 18.2. The van der Waals surface area contributed by atoms with Crippen LogP contribution in [-0.2, 0) is 24.3 Å². The number of fused-ring (bicyclic) bond motifs is 1. The Morgan fingerprint density at radius 1 is 1.15 bits per heavy atom. The van der Waals surface area contributed by atoms with E-state index in [1.165, 1.54) is 17.1 Å². The molecule has 0 radical (unpaired) electrons. The molecule has 0 saturated heterocycles. The zero-order chi connectivity index (χ0) is 23.2. The molecule has 0 aliphatic carbocycles. The van der Waals surface area contributed by atoms with Crippen LogP contribution in [0.1, 0.15) is 18.1 Å². The van der Waals surface area contributed by atoms with E-state index < -0.39 is 0 Å². The Morgan fingerprint density at radius 2 is 1.97 bits per heavy atom. The predicted molar refractivity (Wildman–Crippen MR) is 127 cm³/mol. The summed E-state index contributed by atoms with van der Waals surface area (Å²) in [7, 11) is 0. The van der Waals surface area contributed by atoms with Gasteiger partial charge < -0.3 is 10.1 Å². The van der Waals surface area contributed by atoms with Crippen LogP contribution in [0.4, 0.5) is 0 Å². The molecule has 0 saturated carbocycles.